The summed E-state index contributed by atoms with van der Waals surface area (Å²) in [6, 6.07) is 8.30. The second-order valence-corrected chi connectivity index (χ2v) is 7.72. The monoisotopic (exact) mass is 356 g/mol. The first kappa shape index (κ1) is 20.0. The van der Waals surface area contributed by atoms with E-state index in [2.05, 4.69) is 26.1 Å². The number of benzene rings is 1. The molecule has 5 nitrogen and oxygen atoms in total. The van der Waals surface area contributed by atoms with Crippen LogP contribution in [-0.4, -0.2) is 24.5 Å². The molecule has 0 heterocycles. The molecule has 1 saturated carbocycles. The van der Waals surface area contributed by atoms with Crippen LogP contribution in [0.3, 0.4) is 0 Å². The summed E-state index contributed by atoms with van der Waals surface area (Å²) in [5, 5.41) is 11.7. The molecule has 1 amide bonds. The SMILES string of the molecule is CCC(C)(C)C1CCC(NC(=O)COC(=O)c2ccc(C#N)cc2)CC1. The molecule has 0 spiro atoms. The van der Waals surface area contributed by atoms with Gasteiger partial charge in [0.15, 0.2) is 6.61 Å². The van der Waals surface area contributed by atoms with Crippen molar-refractivity contribution < 1.29 is 14.3 Å². The molecule has 26 heavy (non-hydrogen) atoms. The Labute approximate surface area is 155 Å². The molecule has 140 valence electrons. The molecular weight excluding hydrogens is 328 g/mol. The average molecular weight is 356 g/mol. The second kappa shape index (κ2) is 8.84. The highest BCUT2D eigenvalue weighted by Gasteiger charge is 2.32. The molecule has 1 aromatic rings. The number of hydrogen-bond donors (Lipinski definition) is 1. The fourth-order valence-electron chi connectivity index (χ4n) is 3.47. The van der Waals surface area contributed by atoms with Gasteiger partial charge in [-0.3, -0.25) is 4.79 Å². The van der Waals surface area contributed by atoms with Gasteiger partial charge < -0.3 is 10.1 Å². The topological polar surface area (TPSA) is 79.2 Å². The Bertz CT molecular complexity index is 665. The van der Waals surface area contributed by atoms with E-state index in [1.807, 2.05) is 6.07 Å². The molecule has 0 aliphatic heterocycles. The highest BCUT2D eigenvalue weighted by atomic mass is 16.5. The minimum Gasteiger partial charge on any atom is -0.452 e. The van der Waals surface area contributed by atoms with Gasteiger partial charge in [0.05, 0.1) is 17.2 Å². The van der Waals surface area contributed by atoms with Gasteiger partial charge in [-0.05, 0) is 61.3 Å². The minimum absolute atomic E-state index is 0.167. The van der Waals surface area contributed by atoms with E-state index < -0.39 is 5.97 Å². The van der Waals surface area contributed by atoms with E-state index in [-0.39, 0.29) is 18.6 Å². The number of nitriles is 1. The summed E-state index contributed by atoms with van der Waals surface area (Å²) < 4.78 is 5.06. The first-order valence-corrected chi connectivity index (χ1v) is 9.32. The summed E-state index contributed by atoms with van der Waals surface area (Å²) in [6.45, 7) is 6.59. The minimum atomic E-state index is -0.557. The van der Waals surface area contributed by atoms with E-state index in [9.17, 15) is 9.59 Å². The molecule has 1 N–H and O–H groups in total. The Balaban J connectivity index is 1.74. The van der Waals surface area contributed by atoms with Crippen molar-refractivity contribution in [1.82, 2.24) is 5.32 Å². The van der Waals surface area contributed by atoms with Crippen LogP contribution in [0, 0.1) is 22.7 Å². The number of ether oxygens (including phenoxy) is 1. The first-order chi connectivity index (χ1) is 12.4. The van der Waals surface area contributed by atoms with Gasteiger partial charge >= 0.3 is 5.97 Å². The number of hydrogen-bond acceptors (Lipinski definition) is 4. The summed E-state index contributed by atoms with van der Waals surface area (Å²) in [7, 11) is 0. The molecule has 0 saturated heterocycles. The maximum atomic E-state index is 12.1. The van der Waals surface area contributed by atoms with Crippen molar-refractivity contribution in [2.24, 2.45) is 11.3 Å². The maximum Gasteiger partial charge on any atom is 0.338 e. The number of carbonyl (C=O) groups is 2. The molecule has 5 heteroatoms. The average Bonchev–Trinajstić information content (AvgIpc) is 2.66. The molecular formula is C21H28N2O3. The Morgan fingerprint density at radius 3 is 2.35 bits per heavy atom. The van der Waals surface area contributed by atoms with Crippen molar-refractivity contribution in [1.29, 1.82) is 5.26 Å². The Hall–Kier alpha value is -2.35. The van der Waals surface area contributed by atoms with Crippen molar-refractivity contribution in [2.75, 3.05) is 6.61 Å². The van der Waals surface area contributed by atoms with Crippen LogP contribution in [0.1, 0.15) is 68.8 Å². The van der Waals surface area contributed by atoms with E-state index >= 15 is 0 Å². The highest BCUT2D eigenvalue weighted by molar-refractivity contribution is 5.91. The largest absolute Gasteiger partial charge is 0.452 e. The highest BCUT2D eigenvalue weighted by Crippen LogP contribution is 2.40. The van der Waals surface area contributed by atoms with Crippen molar-refractivity contribution in [2.45, 2.75) is 58.9 Å². The number of carbonyl (C=O) groups excluding carboxylic acids is 2. The third-order valence-corrected chi connectivity index (χ3v) is 5.69. The summed E-state index contributed by atoms with van der Waals surface area (Å²) >= 11 is 0. The van der Waals surface area contributed by atoms with Crippen LogP contribution in [0.5, 0.6) is 0 Å². The number of rotatable bonds is 6. The quantitative estimate of drug-likeness (QED) is 0.786. The van der Waals surface area contributed by atoms with E-state index in [0.29, 0.717) is 22.5 Å². The van der Waals surface area contributed by atoms with E-state index in [0.717, 1.165) is 25.7 Å². The van der Waals surface area contributed by atoms with Crippen LogP contribution < -0.4 is 5.32 Å². The maximum absolute atomic E-state index is 12.1. The van der Waals surface area contributed by atoms with Gasteiger partial charge in [0.1, 0.15) is 0 Å². The zero-order valence-corrected chi connectivity index (χ0v) is 15.9. The molecule has 1 aromatic carbocycles. The summed E-state index contributed by atoms with van der Waals surface area (Å²) in [5.41, 5.74) is 1.16. The normalized spacial score (nSPS) is 20.1. The fraction of sp³-hybridized carbons (Fsp3) is 0.571. The molecule has 0 unspecified atom stereocenters. The summed E-state index contributed by atoms with van der Waals surface area (Å²) in [6.07, 6.45) is 5.36. The van der Waals surface area contributed by atoms with Gasteiger partial charge in [-0.2, -0.15) is 5.26 Å². The van der Waals surface area contributed by atoms with Gasteiger partial charge in [-0.1, -0.05) is 27.2 Å². The van der Waals surface area contributed by atoms with E-state index in [1.54, 1.807) is 12.1 Å². The predicted molar refractivity (Wildman–Crippen MR) is 99.4 cm³/mol. The van der Waals surface area contributed by atoms with Gasteiger partial charge in [0.2, 0.25) is 0 Å². The van der Waals surface area contributed by atoms with Crippen LogP contribution in [0.25, 0.3) is 0 Å². The molecule has 0 bridgehead atoms. The van der Waals surface area contributed by atoms with Crippen LogP contribution >= 0.6 is 0 Å². The predicted octanol–water partition coefficient (Wildman–Crippen LogP) is 3.83. The van der Waals surface area contributed by atoms with Crippen LogP contribution in [0.2, 0.25) is 0 Å². The van der Waals surface area contributed by atoms with Gasteiger partial charge in [-0.25, -0.2) is 4.79 Å². The zero-order valence-electron chi connectivity index (χ0n) is 15.9. The van der Waals surface area contributed by atoms with Crippen molar-refractivity contribution in [3.63, 3.8) is 0 Å². The standard InChI is InChI=1S/C21H28N2O3/c1-4-21(2,3)17-9-11-18(12-10-17)23-19(24)14-26-20(25)16-7-5-15(13-22)6-8-16/h5-8,17-18H,4,9-12,14H2,1-3H3,(H,23,24). The van der Waals surface area contributed by atoms with Crippen molar-refractivity contribution >= 4 is 11.9 Å². The van der Waals surface area contributed by atoms with Crippen molar-refractivity contribution in [3.8, 4) is 6.07 Å². The molecule has 0 radical (unpaired) electrons. The summed E-state index contributed by atoms with van der Waals surface area (Å²) in [4.78, 5) is 24.0. The number of nitrogens with one attached hydrogen (secondary N) is 1. The summed E-state index contributed by atoms with van der Waals surface area (Å²) in [5.74, 6) is -0.113. The number of esters is 1. The Morgan fingerprint density at radius 1 is 1.19 bits per heavy atom. The van der Waals surface area contributed by atoms with Crippen LogP contribution in [0.4, 0.5) is 0 Å². The molecule has 1 fully saturated rings. The Morgan fingerprint density at radius 2 is 1.81 bits per heavy atom. The lowest BCUT2D eigenvalue weighted by atomic mass is 9.69. The number of nitrogens with zero attached hydrogens (tertiary/aromatic N) is 1. The lowest BCUT2D eigenvalue weighted by Crippen LogP contribution is -2.41. The zero-order chi connectivity index (χ0) is 19.2. The molecule has 0 aromatic heterocycles. The second-order valence-electron chi connectivity index (χ2n) is 7.72. The van der Waals surface area contributed by atoms with Gasteiger partial charge in [0.25, 0.3) is 5.91 Å². The molecule has 0 atom stereocenters. The van der Waals surface area contributed by atoms with E-state index in [4.69, 9.17) is 10.00 Å². The molecule has 2 rings (SSSR count). The lowest BCUT2D eigenvalue weighted by Gasteiger charge is -2.39. The Kier molecular flexibility index (Phi) is 6.79. The molecule has 1 aliphatic rings. The van der Waals surface area contributed by atoms with Crippen LogP contribution in [0.15, 0.2) is 24.3 Å². The third kappa shape index (κ3) is 5.32. The van der Waals surface area contributed by atoms with Crippen molar-refractivity contribution in [3.05, 3.63) is 35.4 Å². The van der Waals surface area contributed by atoms with Crippen LogP contribution in [-0.2, 0) is 9.53 Å². The molecule has 1 aliphatic carbocycles. The number of amides is 1. The van der Waals surface area contributed by atoms with Gasteiger partial charge in [0, 0.05) is 6.04 Å². The fourth-order valence-corrected chi connectivity index (χ4v) is 3.47. The van der Waals surface area contributed by atoms with E-state index in [1.165, 1.54) is 18.6 Å². The first-order valence-electron chi connectivity index (χ1n) is 9.32. The smallest absolute Gasteiger partial charge is 0.338 e. The lowest BCUT2D eigenvalue weighted by molar-refractivity contribution is -0.125. The van der Waals surface area contributed by atoms with Gasteiger partial charge in [-0.15, -0.1) is 0 Å². The third-order valence-electron chi connectivity index (χ3n) is 5.69.